The summed E-state index contributed by atoms with van der Waals surface area (Å²) >= 11 is 0. The molecule has 1 aliphatic rings. The van der Waals surface area contributed by atoms with Gasteiger partial charge in [-0.1, -0.05) is 6.07 Å². The number of carbonyl (C=O) groups is 3. The number of ether oxygens (including phenoxy) is 2. The molecule has 0 radical (unpaired) electrons. The summed E-state index contributed by atoms with van der Waals surface area (Å²) in [5.41, 5.74) is 0.961. The number of amides is 3. The Morgan fingerprint density at radius 2 is 1.67 bits per heavy atom. The number of fused-ring (bicyclic) bond motifs is 1. The Morgan fingerprint density at radius 1 is 1.00 bits per heavy atom. The normalized spacial score (nSPS) is 12.4. The molecule has 3 amide bonds. The van der Waals surface area contributed by atoms with Crippen molar-refractivity contribution in [2.24, 2.45) is 0 Å². The van der Waals surface area contributed by atoms with Gasteiger partial charge in [0.1, 0.15) is 11.5 Å². The van der Waals surface area contributed by atoms with Crippen molar-refractivity contribution in [2.75, 3.05) is 19.5 Å². The minimum absolute atomic E-state index is 0.158. The molecule has 0 saturated carbocycles. The van der Waals surface area contributed by atoms with Crippen LogP contribution >= 0.6 is 0 Å². The highest BCUT2D eigenvalue weighted by Gasteiger charge is 2.29. The smallest absolute Gasteiger partial charge is 0.261 e. The third kappa shape index (κ3) is 2.67. The van der Waals surface area contributed by atoms with E-state index >= 15 is 0 Å². The van der Waals surface area contributed by atoms with Crippen LogP contribution in [0.25, 0.3) is 0 Å². The van der Waals surface area contributed by atoms with Crippen molar-refractivity contribution in [3.8, 4) is 11.5 Å². The number of rotatable bonds is 4. The second-order valence-electron chi connectivity index (χ2n) is 5.07. The van der Waals surface area contributed by atoms with Crippen LogP contribution in [0.3, 0.4) is 0 Å². The fourth-order valence-electron chi connectivity index (χ4n) is 2.46. The van der Waals surface area contributed by atoms with Gasteiger partial charge in [-0.05, 0) is 24.3 Å². The number of carbonyl (C=O) groups excluding carboxylic acids is 3. The van der Waals surface area contributed by atoms with Gasteiger partial charge < -0.3 is 14.8 Å². The van der Waals surface area contributed by atoms with Crippen molar-refractivity contribution >= 4 is 23.4 Å². The van der Waals surface area contributed by atoms with Crippen LogP contribution in [0.2, 0.25) is 0 Å². The number of imide groups is 1. The Morgan fingerprint density at radius 3 is 2.29 bits per heavy atom. The van der Waals surface area contributed by atoms with Crippen molar-refractivity contribution in [3.63, 3.8) is 0 Å². The van der Waals surface area contributed by atoms with Gasteiger partial charge in [0.2, 0.25) is 0 Å². The highest BCUT2D eigenvalue weighted by molar-refractivity contribution is 6.25. The number of methoxy groups -OCH3 is 2. The van der Waals surface area contributed by atoms with Gasteiger partial charge in [0.25, 0.3) is 17.7 Å². The molecule has 24 heavy (non-hydrogen) atoms. The largest absolute Gasteiger partial charge is 0.497 e. The average molecular weight is 326 g/mol. The molecule has 7 nitrogen and oxygen atoms in total. The minimum Gasteiger partial charge on any atom is -0.497 e. The molecule has 1 aliphatic heterocycles. The predicted octanol–water partition coefficient (Wildman–Crippen LogP) is 1.84. The summed E-state index contributed by atoms with van der Waals surface area (Å²) in [7, 11) is 2.97. The van der Waals surface area contributed by atoms with Crippen LogP contribution in [0.5, 0.6) is 11.5 Å². The van der Waals surface area contributed by atoms with Crippen molar-refractivity contribution in [3.05, 3.63) is 53.1 Å². The number of benzene rings is 2. The Balaban J connectivity index is 1.95. The van der Waals surface area contributed by atoms with Crippen LogP contribution in [0.1, 0.15) is 31.1 Å². The van der Waals surface area contributed by atoms with Crippen molar-refractivity contribution in [2.45, 2.75) is 0 Å². The third-order valence-electron chi connectivity index (χ3n) is 3.63. The summed E-state index contributed by atoms with van der Waals surface area (Å²) in [6.07, 6.45) is 0. The molecule has 3 rings (SSSR count). The first-order chi connectivity index (χ1) is 11.5. The van der Waals surface area contributed by atoms with Crippen LogP contribution in [0.4, 0.5) is 5.69 Å². The maximum atomic E-state index is 12.5. The molecule has 0 aliphatic carbocycles. The van der Waals surface area contributed by atoms with E-state index in [9.17, 15) is 14.4 Å². The van der Waals surface area contributed by atoms with Crippen LogP contribution in [0.15, 0.2) is 36.4 Å². The van der Waals surface area contributed by atoms with E-state index in [0.29, 0.717) is 17.1 Å². The highest BCUT2D eigenvalue weighted by Crippen LogP contribution is 2.26. The molecule has 2 aromatic rings. The first-order valence-corrected chi connectivity index (χ1v) is 7.06. The standard InChI is InChI=1S/C17H14N2O5/c1-23-10-6-9(7-11(8-10)24-2)15(20)18-13-5-3-4-12-14(13)17(22)19-16(12)21/h3-8H,1-2H3,(H,18,20)(H,19,21,22). The second kappa shape index (κ2) is 6.04. The molecule has 0 unspecified atom stereocenters. The monoisotopic (exact) mass is 326 g/mol. The van der Waals surface area contributed by atoms with E-state index in [1.807, 2.05) is 0 Å². The van der Waals surface area contributed by atoms with E-state index in [-0.39, 0.29) is 16.8 Å². The average Bonchev–Trinajstić information content (AvgIpc) is 2.89. The lowest BCUT2D eigenvalue weighted by Gasteiger charge is -2.11. The zero-order valence-electron chi connectivity index (χ0n) is 13.0. The van der Waals surface area contributed by atoms with Gasteiger partial charge in [-0.15, -0.1) is 0 Å². The Bertz CT molecular complexity index is 838. The molecule has 0 atom stereocenters. The predicted molar refractivity (Wildman–Crippen MR) is 85.7 cm³/mol. The number of nitrogens with one attached hydrogen (secondary N) is 2. The number of hydrogen-bond acceptors (Lipinski definition) is 5. The Hall–Kier alpha value is -3.35. The topological polar surface area (TPSA) is 93.7 Å². The molecule has 0 bridgehead atoms. The van der Waals surface area contributed by atoms with Gasteiger partial charge in [0, 0.05) is 11.6 Å². The highest BCUT2D eigenvalue weighted by atomic mass is 16.5. The van der Waals surface area contributed by atoms with Crippen molar-refractivity contribution in [1.29, 1.82) is 0 Å². The lowest BCUT2D eigenvalue weighted by molar-refractivity contribution is 0.0879. The van der Waals surface area contributed by atoms with Gasteiger partial charge in [-0.3, -0.25) is 19.7 Å². The first kappa shape index (κ1) is 15.5. The van der Waals surface area contributed by atoms with Crippen molar-refractivity contribution < 1.29 is 23.9 Å². The summed E-state index contributed by atoms with van der Waals surface area (Å²) in [5, 5.41) is 4.85. The third-order valence-corrected chi connectivity index (χ3v) is 3.63. The number of hydrogen-bond donors (Lipinski definition) is 2. The molecule has 2 aromatic carbocycles. The van der Waals surface area contributed by atoms with E-state index in [0.717, 1.165) is 0 Å². The molecule has 0 saturated heterocycles. The Labute approximate surface area is 137 Å². The summed E-state index contributed by atoms with van der Waals surface area (Å²) in [5.74, 6) is -0.535. The van der Waals surface area contributed by atoms with E-state index in [1.54, 1.807) is 30.3 Å². The second-order valence-corrected chi connectivity index (χ2v) is 5.07. The molecular weight excluding hydrogens is 312 g/mol. The van der Waals surface area contributed by atoms with Crippen LogP contribution in [-0.2, 0) is 0 Å². The van der Waals surface area contributed by atoms with E-state index < -0.39 is 17.7 Å². The van der Waals surface area contributed by atoms with E-state index in [2.05, 4.69) is 10.6 Å². The van der Waals surface area contributed by atoms with Gasteiger partial charge in [0.05, 0.1) is 31.0 Å². The van der Waals surface area contributed by atoms with Crippen LogP contribution in [0, 0.1) is 0 Å². The summed E-state index contributed by atoms with van der Waals surface area (Å²) in [6.45, 7) is 0. The summed E-state index contributed by atoms with van der Waals surface area (Å²) < 4.78 is 10.3. The SMILES string of the molecule is COc1cc(OC)cc(C(=O)Nc2cccc3c2C(=O)NC3=O)c1. The molecule has 0 spiro atoms. The summed E-state index contributed by atoms with van der Waals surface area (Å²) in [4.78, 5) is 36.1. The maximum absolute atomic E-state index is 12.5. The molecule has 0 fully saturated rings. The van der Waals surface area contributed by atoms with Crippen LogP contribution < -0.4 is 20.1 Å². The van der Waals surface area contributed by atoms with Crippen LogP contribution in [-0.4, -0.2) is 31.9 Å². The maximum Gasteiger partial charge on any atom is 0.261 e. The van der Waals surface area contributed by atoms with Gasteiger partial charge in [-0.2, -0.15) is 0 Å². The fraction of sp³-hybridized carbons (Fsp3) is 0.118. The zero-order chi connectivity index (χ0) is 17.3. The molecule has 7 heteroatoms. The molecule has 1 heterocycles. The van der Waals surface area contributed by atoms with E-state index in [4.69, 9.17) is 9.47 Å². The lowest BCUT2D eigenvalue weighted by Crippen LogP contribution is -2.21. The lowest BCUT2D eigenvalue weighted by atomic mass is 10.1. The van der Waals surface area contributed by atoms with Gasteiger partial charge in [-0.25, -0.2) is 0 Å². The first-order valence-electron chi connectivity index (χ1n) is 7.06. The van der Waals surface area contributed by atoms with Gasteiger partial charge >= 0.3 is 0 Å². The zero-order valence-corrected chi connectivity index (χ0v) is 13.0. The minimum atomic E-state index is -0.533. The summed E-state index contributed by atoms with van der Waals surface area (Å²) in [6, 6.07) is 9.42. The molecule has 122 valence electrons. The Kier molecular flexibility index (Phi) is 3.91. The number of anilines is 1. The van der Waals surface area contributed by atoms with Crippen molar-refractivity contribution in [1.82, 2.24) is 5.32 Å². The van der Waals surface area contributed by atoms with Gasteiger partial charge in [0.15, 0.2) is 0 Å². The molecule has 0 aromatic heterocycles. The molecular formula is C17H14N2O5. The molecule has 2 N–H and O–H groups in total. The quantitative estimate of drug-likeness (QED) is 0.836. The van der Waals surface area contributed by atoms with E-state index in [1.165, 1.54) is 20.3 Å². The fourth-order valence-corrected chi connectivity index (χ4v) is 2.46.